The van der Waals surface area contributed by atoms with Crippen molar-refractivity contribution in [3.8, 4) is 0 Å². The first-order chi connectivity index (χ1) is 9.29. The van der Waals surface area contributed by atoms with E-state index < -0.39 is 0 Å². The Morgan fingerprint density at radius 3 is 2.79 bits per heavy atom. The van der Waals surface area contributed by atoms with Gasteiger partial charge in [-0.15, -0.1) is 0 Å². The Balaban J connectivity index is 1.95. The van der Waals surface area contributed by atoms with Gasteiger partial charge >= 0.3 is 5.69 Å². The van der Waals surface area contributed by atoms with Crippen LogP contribution in [-0.4, -0.2) is 28.5 Å². The third kappa shape index (κ3) is 4.06. The van der Waals surface area contributed by atoms with Gasteiger partial charge in [-0.3, -0.25) is 4.98 Å². The van der Waals surface area contributed by atoms with E-state index in [9.17, 15) is 4.79 Å². The predicted molar refractivity (Wildman–Crippen MR) is 73.2 cm³/mol. The molecule has 5 nitrogen and oxygen atoms in total. The number of aromatic nitrogens is 3. The van der Waals surface area contributed by atoms with Crippen LogP contribution in [0.5, 0.6) is 0 Å². The summed E-state index contributed by atoms with van der Waals surface area (Å²) in [7, 11) is 1.68. The smallest absolute Gasteiger partial charge is 0.343 e. The van der Waals surface area contributed by atoms with E-state index >= 15 is 0 Å². The van der Waals surface area contributed by atoms with Gasteiger partial charge in [0.25, 0.3) is 0 Å². The monoisotopic (exact) mass is 261 g/mol. The fourth-order valence-corrected chi connectivity index (χ4v) is 1.93. The lowest BCUT2D eigenvalue weighted by Gasteiger charge is -1.99. The number of aryl methyl sites for hydroxylation is 1. The van der Waals surface area contributed by atoms with Crippen LogP contribution in [0.15, 0.2) is 35.1 Å². The second-order valence-corrected chi connectivity index (χ2v) is 4.46. The van der Waals surface area contributed by atoms with Crippen LogP contribution < -0.4 is 5.69 Å². The van der Waals surface area contributed by atoms with Gasteiger partial charge in [0.05, 0.1) is 0 Å². The van der Waals surface area contributed by atoms with E-state index in [1.54, 1.807) is 7.11 Å². The normalized spacial score (nSPS) is 10.8. The molecular weight excluding hydrogens is 242 g/mol. The summed E-state index contributed by atoms with van der Waals surface area (Å²) >= 11 is 0. The number of hydrogen-bond donors (Lipinski definition) is 1. The predicted octanol–water partition coefficient (Wildman–Crippen LogP) is 1.59. The Hall–Kier alpha value is -1.88. The topological polar surface area (TPSA) is 59.9 Å². The van der Waals surface area contributed by atoms with E-state index in [0.717, 1.165) is 25.0 Å². The molecule has 0 saturated carbocycles. The van der Waals surface area contributed by atoms with Crippen LogP contribution in [0.4, 0.5) is 0 Å². The van der Waals surface area contributed by atoms with Gasteiger partial charge in [-0.1, -0.05) is 30.3 Å². The zero-order valence-corrected chi connectivity index (χ0v) is 11.1. The first-order valence-corrected chi connectivity index (χ1v) is 6.48. The summed E-state index contributed by atoms with van der Waals surface area (Å²) in [6.07, 6.45) is 2.48. The fourth-order valence-electron chi connectivity index (χ4n) is 1.93. The molecule has 5 heteroatoms. The van der Waals surface area contributed by atoms with Gasteiger partial charge in [-0.25, -0.2) is 9.48 Å². The van der Waals surface area contributed by atoms with Crippen molar-refractivity contribution in [3.63, 3.8) is 0 Å². The van der Waals surface area contributed by atoms with Crippen LogP contribution in [0, 0.1) is 0 Å². The van der Waals surface area contributed by atoms with E-state index in [4.69, 9.17) is 4.74 Å². The molecule has 0 aliphatic rings. The van der Waals surface area contributed by atoms with E-state index in [1.165, 1.54) is 4.68 Å². The largest absolute Gasteiger partial charge is 0.385 e. The Bertz CT molecular complexity index is 545. The quantitative estimate of drug-likeness (QED) is 0.770. The molecule has 1 N–H and O–H groups in total. The van der Waals surface area contributed by atoms with Gasteiger partial charge in [-0.05, 0) is 18.4 Å². The van der Waals surface area contributed by atoms with Crippen LogP contribution in [0.1, 0.15) is 24.2 Å². The van der Waals surface area contributed by atoms with Crippen LogP contribution in [0.3, 0.4) is 0 Å². The molecule has 2 aromatic rings. The Morgan fingerprint density at radius 1 is 1.26 bits per heavy atom. The van der Waals surface area contributed by atoms with Crippen molar-refractivity contribution < 1.29 is 4.74 Å². The van der Waals surface area contributed by atoms with Gasteiger partial charge in [0, 0.05) is 26.7 Å². The highest BCUT2D eigenvalue weighted by molar-refractivity contribution is 5.18. The molecule has 0 amide bonds. The molecule has 0 radical (unpaired) electrons. The maximum Gasteiger partial charge on any atom is 0.343 e. The number of aromatic amines is 1. The second-order valence-electron chi connectivity index (χ2n) is 4.46. The average Bonchev–Trinajstić information content (AvgIpc) is 2.76. The van der Waals surface area contributed by atoms with Crippen LogP contribution in [0.25, 0.3) is 0 Å². The van der Waals surface area contributed by atoms with Crippen LogP contribution in [0.2, 0.25) is 0 Å². The third-order valence-corrected chi connectivity index (χ3v) is 2.91. The lowest BCUT2D eigenvalue weighted by atomic mass is 10.1. The molecule has 0 spiro atoms. The zero-order valence-electron chi connectivity index (χ0n) is 11.1. The van der Waals surface area contributed by atoms with Crippen molar-refractivity contribution in [2.24, 2.45) is 0 Å². The Morgan fingerprint density at radius 2 is 2.05 bits per heavy atom. The van der Waals surface area contributed by atoms with Crippen molar-refractivity contribution in [2.75, 3.05) is 13.7 Å². The molecular formula is C14H19N3O2. The van der Waals surface area contributed by atoms with Crippen LogP contribution in [-0.2, 0) is 17.7 Å². The SMILES string of the molecule is COCCCCn1nc(Cc2ccccc2)[nH]c1=O. The number of unbranched alkanes of at least 4 members (excludes halogenated alkanes) is 1. The summed E-state index contributed by atoms with van der Waals surface area (Å²) in [5.74, 6) is 0.711. The number of nitrogens with one attached hydrogen (secondary N) is 1. The first-order valence-electron chi connectivity index (χ1n) is 6.48. The van der Waals surface area contributed by atoms with Crippen molar-refractivity contribution >= 4 is 0 Å². The van der Waals surface area contributed by atoms with E-state index in [0.29, 0.717) is 18.8 Å². The summed E-state index contributed by atoms with van der Waals surface area (Å²) in [6.45, 7) is 1.35. The number of H-pyrrole nitrogens is 1. The molecule has 1 aromatic carbocycles. The number of benzene rings is 1. The molecule has 2 rings (SSSR count). The first kappa shape index (κ1) is 13.5. The van der Waals surface area contributed by atoms with Crippen molar-refractivity contribution in [1.82, 2.24) is 14.8 Å². The van der Waals surface area contributed by atoms with Gasteiger partial charge in [0.1, 0.15) is 5.82 Å². The number of ether oxygens (including phenoxy) is 1. The molecule has 0 aliphatic heterocycles. The molecule has 0 saturated heterocycles. The molecule has 1 heterocycles. The molecule has 0 aliphatic carbocycles. The fraction of sp³-hybridized carbons (Fsp3) is 0.429. The lowest BCUT2D eigenvalue weighted by Crippen LogP contribution is -2.18. The molecule has 0 atom stereocenters. The highest BCUT2D eigenvalue weighted by Crippen LogP contribution is 2.03. The number of hydrogen-bond acceptors (Lipinski definition) is 3. The van der Waals surface area contributed by atoms with Gasteiger partial charge in [0.2, 0.25) is 0 Å². The minimum Gasteiger partial charge on any atom is -0.385 e. The highest BCUT2D eigenvalue weighted by Gasteiger charge is 2.05. The van der Waals surface area contributed by atoms with Crippen LogP contribution >= 0.6 is 0 Å². The summed E-state index contributed by atoms with van der Waals surface area (Å²) in [6, 6.07) is 9.98. The summed E-state index contributed by atoms with van der Waals surface area (Å²) in [5, 5.41) is 4.31. The Labute approximate surface area is 112 Å². The zero-order chi connectivity index (χ0) is 13.5. The number of methoxy groups -OCH3 is 1. The van der Waals surface area contributed by atoms with E-state index in [-0.39, 0.29) is 5.69 Å². The second kappa shape index (κ2) is 6.89. The summed E-state index contributed by atoms with van der Waals surface area (Å²) in [5.41, 5.74) is 1.01. The number of nitrogens with zero attached hydrogens (tertiary/aromatic N) is 2. The minimum atomic E-state index is -0.136. The van der Waals surface area contributed by atoms with Gasteiger partial charge in [-0.2, -0.15) is 5.10 Å². The van der Waals surface area contributed by atoms with Crippen molar-refractivity contribution in [3.05, 3.63) is 52.2 Å². The summed E-state index contributed by atoms with van der Waals surface area (Å²) < 4.78 is 6.47. The van der Waals surface area contributed by atoms with Crippen molar-refractivity contribution in [1.29, 1.82) is 0 Å². The van der Waals surface area contributed by atoms with Gasteiger partial charge < -0.3 is 4.74 Å². The third-order valence-electron chi connectivity index (χ3n) is 2.91. The maximum absolute atomic E-state index is 11.7. The molecule has 19 heavy (non-hydrogen) atoms. The lowest BCUT2D eigenvalue weighted by molar-refractivity contribution is 0.190. The molecule has 1 aromatic heterocycles. The highest BCUT2D eigenvalue weighted by atomic mass is 16.5. The Kier molecular flexibility index (Phi) is 4.92. The van der Waals surface area contributed by atoms with E-state index in [2.05, 4.69) is 10.1 Å². The molecule has 0 bridgehead atoms. The molecule has 0 fully saturated rings. The maximum atomic E-state index is 11.7. The summed E-state index contributed by atoms with van der Waals surface area (Å²) in [4.78, 5) is 14.5. The van der Waals surface area contributed by atoms with E-state index in [1.807, 2.05) is 30.3 Å². The average molecular weight is 261 g/mol. The molecule has 102 valence electrons. The standard InChI is InChI=1S/C14H19N3O2/c1-19-10-6-5-9-17-14(18)15-13(16-17)11-12-7-3-2-4-8-12/h2-4,7-8H,5-6,9-11H2,1H3,(H,15,16,18). The van der Waals surface area contributed by atoms with Crippen molar-refractivity contribution in [2.45, 2.75) is 25.8 Å². The molecule has 0 unspecified atom stereocenters. The minimum absolute atomic E-state index is 0.136. The number of rotatable bonds is 7. The van der Waals surface area contributed by atoms with Gasteiger partial charge in [0.15, 0.2) is 0 Å².